The molecule has 0 aliphatic rings. The summed E-state index contributed by atoms with van der Waals surface area (Å²) in [4.78, 5) is 3.94. The van der Waals surface area contributed by atoms with Crippen LogP contribution >= 0.6 is 43.6 Å². The van der Waals surface area contributed by atoms with E-state index >= 15 is 0 Å². The molecule has 20 heavy (non-hydrogen) atoms. The molecule has 0 heterocycles. The van der Waals surface area contributed by atoms with Crippen LogP contribution in [0.3, 0.4) is 0 Å². The summed E-state index contributed by atoms with van der Waals surface area (Å²) in [5.41, 5.74) is -0.0716. The molecule has 1 N–H and O–H groups in total. The Morgan fingerprint density at radius 2 is 2.10 bits per heavy atom. The number of halogens is 5. The van der Waals surface area contributed by atoms with Crippen LogP contribution in [-0.4, -0.2) is 17.8 Å². The lowest BCUT2D eigenvalue weighted by molar-refractivity contribution is -0.274. The van der Waals surface area contributed by atoms with Gasteiger partial charge in [0.2, 0.25) is 0 Å². The van der Waals surface area contributed by atoms with Gasteiger partial charge in [0, 0.05) is 8.95 Å². The average molecular weight is 433 g/mol. The minimum atomic E-state index is -4.84. The molecule has 0 amide bonds. The van der Waals surface area contributed by atoms with Crippen LogP contribution in [0.2, 0.25) is 0 Å². The van der Waals surface area contributed by atoms with E-state index in [2.05, 4.69) is 46.9 Å². The zero-order valence-corrected chi connectivity index (χ0v) is 13.7. The molecule has 1 aromatic carbocycles. The van der Waals surface area contributed by atoms with Crippen molar-refractivity contribution < 1.29 is 17.9 Å². The molecule has 0 radical (unpaired) electrons. The van der Waals surface area contributed by atoms with Gasteiger partial charge in [-0.2, -0.15) is 5.26 Å². The Hall–Kier alpha value is -0.920. The molecule has 0 aliphatic carbocycles. The summed E-state index contributed by atoms with van der Waals surface area (Å²) < 4.78 is 41.7. The predicted molar refractivity (Wildman–Crippen MR) is 77.9 cm³/mol. The van der Waals surface area contributed by atoms with Crippen molar-refractivity contribution in [1.82, 2.24) is 5.32 Å². The van der Waals surface area contributed by atoms with Crippen molar-refractivity contribution in [3.63, 3.8) is 0 Å². The Balaban J connectivity index is 3.33. The van der Waals surface area contributed by atoms with Gasteiger partial charge in [0.25, 0.3) is 0 Å². The highest BCUT2D eigenvalue weighted by Gasteiger charge is 2.32. The molecule has 0 unspecified atom stereocenters. The normalized spacial score (nSPS) is 11.9. The Morgan fingerprint density at radius 1 is 1.45 bits per heavy atom. The zero-order valence-electron chi connectivity index (χ0n) is 9.76. The lowest BCUT2D eigenvalue weighted by Crippen LogP contribution is -2.18. The number of nitrogens with zero attached hydrogens (tertiary/aromatic N) is 2. The van der Waals surface area contributed by atoms with Gasteiger partial charge in [0.15, 0.2) is 17.1 Å². The van der Waals surface area contributed by atoms with Gasteiger partial charge in [-0.25, -0.2) is 4.99 Å². The number of hydrogen-bond donors (Lipinski definition) is 1. The molecule has 0 saturated carbocycles. The molecule has 0 saturated heterocycles. The van der Waals surface area contributed by atoms with Crippen LogP contribution in [0.1, 0.15) is 0 Å². The summed E-state index contributed by atoms with van der Waals surface area (Å²) in [6.07, 6.45) is -1.57. The number of aliphatic imine (C=N–C) groups is 1. The van der Waals surface area contributed by atoms with Gasteiger partial charge in [-0.15, -0.1) is 13.2 Å². The summed E-state index contributed by atoms with van der Waals surface area (Å²) in [5, 5.41) is 10.9. The lowest BCUT2D eigenvalue weighted by atomic mass is 10.3. The van der Waals surface area contributed by atoms with Gasteiger partial charge in [-0.3, -0.25) is 5.32 Å². The quantitative estimate of drug-likeness (QED) is 0.323. The van der Waals surface area contributed by atoms with Crippen molar-refractivity contribution in [1.29, 1.82) is 5.26 Å². The van der Waals surface area contributed by atoms with Crippen LogP contribution in [0, 0.1) is 11.5 Å². The van der Waals surface area contributed by atoms with Crippen molar-refractivity contribution in [2.75, 3.05) is 6.26 Å². The summed E-state index contributed by atoms with van der Waals surface area (Å²) >= 11 is 7.26. The third-order valence-corrected chi connectivity index (χ3v) is 3.43. The van der Waals surface area contributed by atoms with Crippen LogP contribution in [-0.2, 0) is 0 Å². The molecular formula is C10H6Br2F3N3OS. The first-order valence-corrected chi connectivity index (χ1v) is 7.60. The smallest absolute Gasteiger partial charge is 0.403 e. The Bertz CT molecular complexity index is 572. The molecule has 0 aromatic heterocycles. The first-order chi connectivity index (χ1) is 9.26. The first-order valence-electron chi connectivity index (χ1n) is 4.79. The largest absolute Gasteiger partial charge is 0.573 e. The van der Waals surface area contributed by atoms with E-state index in [1.165, 1.54) is 6.07 Å². The molecule has 1 aromatic rings. The van der Waals surface area contributed by atoms with E-state index < -0.39 is 12.1 Å². The maximum absolute atomic E-state index is 12.4. The van der Waals surface area contributed by atoms with Crippen molar-refractivity contribution in [2.24, 2.45) is 4.99 Å². The number of nitrogens with one attached hydrogen (secondary N) is 1. The van der Waals surface area contributed by atoms with Crippen molar-refractivity contribution in [3.8, 4) is 11.9 Å². The maximum atomic E-state index is 12.4. The van der Waals surface area contributed by atoms with E-state index in [4.69, 9.17) is 5.26 Å². The van der Waals surface area contributed by atoms with Gasteiger partial charge in [-0.1, -0.05) is 27.7 Å². The fourth-order valence-electron chi connectivity index (χ4n) is 1.13. The fraction of sp³-hybridized carbons (Fsp3) is 0.200. The third-order valence-electron chi connectivity index (χ3n) is 1.79. The third kappa shape index (κ3) is 5.22. The molecule has 10 heteroatoms. The van der Waals surface area contributed by atoms with E-state index in [1.807, 2.05) is 0 Å². The van der Waals surface area contributed by atoms with E-state index in [1.54, 1.807) is 12.4 Å². The standard InChI is InChI=1S/C10H6Br2F3N3OS/c1-20-9(17-4-16)18-8-6(12)2-5(11)3-7(8)19-10(13,14)15/h2-3H,1H3,(H,17,18). The molecule has 0 bridgehead atoms. The monoisotopic (exact) mass is 431 g/mol. The van der Waals surface area contributed by atoms with Gasteiger partial charge in [0.05, 0.1) is 0 Å². The number of alkyl halides is 3. The van der Waals surface area contributed by atoms with Gasteiger partial charge in [0.1, 0.15) is 5.69 Å². The van der Waals surface area contributed by atoms with Gasteiger partial charge < -0.3 is 4.74 Å². The van der Waals surface area contributed by atoms with Gasteiger partial charge in [-0.05, 0) is 34.3 Å². The second-order valence-electron chi connectivity index (χ2n) is 3.14. The van der Waals surface area contributed by atoms with Gasteiger partial charge >= 0.3 is 6.36 Å². The van der Waals surface area contributed by atoms with Crippen LogP contribution in [0.5, 0.6) is 5.75 Å². The molecule has 0 aliphatic heterocycles. The van der Waals surface area contributed by atoms with Crippen molar-refractivity contribution >= 4 is 54.5 Å². The molecule has 1 rings (SSSR count). The molecule has 4 nitrogen and oxygen atoms in total. The Labute approximate surface area is 133 Å². The minimum absolute atomic E-state index is 0.0716. The zero-order chi connectivity index (χ0) is 15.3. The topological polar surface area (TPSA) is 57.4 Å². The van der Waals surface area contributed by atoms with E-state index in [0.29, 0.717) is 4.47 Å². The maximum Gasteiger partial charge on any atom is 0.573 e. The highest BCUT2D eigenvalue weighted by molar-refractivity contribution is 9.11. The number of hydrogen-bond acceptors (Lipinski definition) is 4. The lowest BCUT2D eigenvalue weighted by Gasteiger charge is -2.13. The van der Waals surface area contributed by atoms with Crippen LogP contribution < -0.4 is 10.1 Å². The van der Waals surface area contributed by atoms with E-state index in [-0.39, 0.29) is 15.3 Å². The predicted octanol–water partition coefficient (Wildman–Crippen LogP) is 4.53. The van der Waals surface area contributed by atoms with Crippen molar-refractivity contribution in [2.45, 2.75) is 6.36 Å². The molecule has 0 fully saturated rings. The SMILES string of the molecule is CSC(=Nc1c(Br)cc(Br)cc1OC(F)(F)F)NC#N. The number of thioether (sulfide) groups is 1. The highest BCUT2D eigenvalue weighted by atomic mass is 79.9. The van der Waals surface area contributed by atoms with Crippen LogP contribution in [0.15, 0.2) is 26.1 Å². The molecular weight excluding hydrogens is 427 g/mol. The number of amidine groups is 1. The average Bonchev–Trinajstić information content (AvgIpc) is 2.30. The number of nitriles is 1. The Kier molecular flexibility index (Phi) is 6.16. The van der Waals surface area contributed by atoms with E-state index in [0.717, 1.165) is 17.8 Å². The fourth-order valence-corrected chi connectivity index (χ4v) is 2.73. The molecule has 108 valence electrons. The number of ether oxygens (including phenoxy) is 1. The summed E-state index contributed by atoms with van der Waals surface area (Å²) in [6.45, 7) is 0. The first kappa shape index (κ1) is 17.1. The minimum Gasteiger partial charge on any atom is -0.403 e. The summed E-state index contributed by atoms with van der Waals surface area (Å²) in [5.74, 6) is -0.481. The molecule has 0 spiro atoms. The van der Waals surface area contributed by atoms with E-state index in [9.17, 15) is 13.2 Å². The number of benzene rings is 1. The summed E-state index contributed by atoms with van der Waals surface area (Å²) in [7, 11) is 0. The van der Waals surface area contributed by atoms with Crippen LogP contribution in [0.4, 0.5) is 18.9 Å². The molecule has 0 atom stereocenters. The van der Waals surface area contributed by atoms with Crippen molar-refractivity contribution in [3.05, 3.63) is 21.1 Å². The van der Waals surface area contributed by atoms with Crippen LogP contribution in [0.25, 0.3) is 0 Å². The number of rotatable bonds is 2. The highest BCUT2D eigenvalue weighted by Crippen LogP contribution is 2.41. The summed E-state index contributed by atoms with van der Waals surface area (Å²) in [6, 6.07) is 2.66. The Morgan fingerprint density at radius 3 is 2.60 bits per heavy atom. The second kappa shape index (κ2) is 7.19. The second-order valence-corrected chi connectivity index (χ2v) is 5.71.